The summed E-state index contributed by atoms with van der Waals surface area (Å²) in [6.07, 6.45) is 4.62. The lowest BCUT2D eigenvalue weighted by Crippen LogP contribution is -2.30. The van der Waals surface area contributed by atoms with Crippen LogP contribution >= 0.6 is 0 Å². The van der Waals surface area contributed by atoms with Gasteiger partial charge in [-0.15, -0.1) is 0 Å². The zero-order chi connectivity index (χ0) is 9.14. The normalized spacial score (nSPS) is 28.0. The summed E-state index contributed by atoms with van der Waals surface area (Å²) in [6.45, 7) is 6.51. The van der Waals surface area contributed by atoms with Crippen LogP contribution in [0.2, 0.25) is 0 Å². The van der Waals surface area contributed by atoms with Gasteiger partial charge >= 0.3 is 0 Å². The first-order chi connectivity index (χ1) is 5.61. The fourth-order valence-corrected chi connectivity index (χ4v) is 1.54. The highest BCUT2D eigenvalue weighted by atomic mass is 16.3. The number of hydrogen-bond acceptors (Lipinski definition) is 1. The molecule has 0 aliphatic heterocycles. The number of hydrogen-bond donors (Lipinski definition) is 1. The van der Waals surface area contributed by atoms with Crippen molar-refractivity contribution < 1.29 is 5.11 Å². The molecule has 0 bridgehead atoms. The van der Waals surface area contributed by atoms with Gasteiger partial charge in [0.25, 0.3) is 0 Å². The van der Waals surface area contributed by atoms with Crippen LogP contribution in [0.3, 0.4) is 0 Å². The van der Waals surface area contributed by atoms with Crippen LogP contribution in [-0.4, -0.2) is 11.2 Å². The Kier molecular flexibility index (Phi) is 3.33. The minimum absolute atomic E-state index is 0.00922. The second-order valence-electron chi connectivity index (χ2n) is 4.22. The van der Waals surface area contributed by atoms with Crippen LogP contribution in [0, 0.1) is 5.92 Å². The summed E-state index contributed by atoms with van der Waals surface area (Å²) in [5, 5.41) is 9.34. The zero-order valence-corrected chi connectivity index (χ0v) is 8.43. The molecule has 1 saturated carbocycles. The van der Waals surface area contributed by atoms with Gasteiger partial charge in [0.05, 0.1) is 6.10 Å². The molecule has 0 aromatic rings. The number of aliphatic hydroxyl groups is 1. The Balaban J connectivity index is 2.22. The molecule has 2 unspecified atom stereocenters. The van der Waals surface area contributed by atoms with E-state index in [1.54, 1.807) is 0 Å². The van der Waals surface area contributed by atoms with Gasteiger partial charge in [0.2, 0.25) is 0 Å². The van der Waals surface area contributed by atoms with Crippen LogP contribution in [0.4, 0.5) is 0 Å². The van der Waals surface area contributed by atoms with Crippen molar-refractivity contribution in [3.8, 4) is 0 Å². The highest BCUT2D eigenvalue weighted by Gasteiger charge is 2.27. The first-order valence-corrected chi connectivity index (χ1v) is 4.92. The van der Waals surface area contributed by atoms with E-state index in [2.05, 4.69) is 20.8 Å². The van der Waals surface area contributed by atoms with Crippen molar-refractivity contribution in [1.82, 2.24) is 0 Å². The third-order valence-electron chi connectivity index (χ3n) is 3.12. The van der Waals surface area contributed by atoms with E-state index in [4.69, 9.17) is 0 Å². The molecule has 12 heavy (non-hydrogen) atoms. The molecule has 1 heteroatoms. The predicted molar refractivity (Wildman–Crippen MR) is 52.0 cm³/mol. The highest BCUT2D eigenvalue weighted by molar-refractivity contribution is 5.06. The average Bonchev–Trinajstić information content (AvgIpc) is 2.01. The Labute approximate surface area is 75.5 Å². The van der Waals surface area contributed by atoms with Gasteiger partial charge in [-0.2, -0.15) is 0 Å². The van der Waals surface area contributed by atoms with Crippen molar-refractivity contribution in [2.75, 3.05) is 0 Å². The lowest BCUT2D eigenvalue weighted by molar-refractivity contribution is 0.0197. The Morgan fingerprint density at radius 2 is 1.92 bits per heavy atom. The molecule has 2 atom stereocenters. The summed E-state index contributed by atoms with van der Waals surface area (Å²) in [6, 6.07) is 0. The molecule has 1 fully saturated rings. The third-order valence-corrected chi connectivity index (χ3v) is 3.12. The van der Waals surface area contributed by atoms with E-state index in [-0.39, 0.29) is 6.10 Å². The SMILES string of the molecule is CC(C)=C(C)CCC1CCC1O. The van der Waals surface area contributed by atoms with Gasteiger partial charge < -0.3 is 5.11 Å². The Morgan fingerprint density at radius 1 is 1.25 bits per heavy atom. The molecule has 70 valence electrons. The molecule has 1 N–H and O–H groups in total. The van der Waals surface area contributed by atoms with E-state index in [9.17, 15) is 5.11 Å². The maximum Gasteiger partial charge on any atom is 0.0568 e. The van der Waals surface area contributed by atoms with Gasteiger partial charge in [0, 0.05) is 0 Å². The average molecular weight is 168 g/mol. The Bertz CT molecular complexity index is 177. The lowest BCUT2D eigenvalue weighted by Gasteiger charge is -2.32. The molecule has 0 heterocycles. The molecule has 0 aromatic heterocycles. The quantitative estimate of drug-likeness (QED) is 0.642. The minimum atomic E-state index is 0.00922. The number of rotatable bonds is 3. The molecule has 0 aromatic carbocycles. The molecule has 1 rings (SSSR count). The molecule has 0 amide bonds. The Morgan fingerprint density at radius 3 is 2.25 bits per heavy atom. The summed E-state index contributed by atoms with van der Waals surface area (Å²) in [5.41, 5.74) is 2.93. The van der Waals surface area contributed by atoms with Crippen molar-refractivity contribution >= 4 is 0 Å². The summed E-state index contributed by atoms with van der Waals surface area (Å²) >= 11 is 0. The fourth-order valence-electron chi connectivity index (χ4n) is 1.54. The summed E-state index contributed by atoms with van der Waals surface area (Å²) in [4.78, 5) is 0. The maximum atomic E-state index is 9.34. The van der Waals surface area contributed by atoms with Crippen LogP contribution in [-0.2, 0) is 0 Å². The molecule has 1 aliphatic rings. The second kappa shape index (κ2) is 4.08. The van der Waals surface area contributed by atoms with Crippen molar-refractivity contribution in [1.29, 1.82) is 0 Å². The maximum absolute atomic E-state index is 9.34. The molecule has 1 aliphatic carbocycles. The van der Waals surface area contributed by atoms with Crippen LogP contribution in [0.1, 0.15) is 46.5 Å². The number of aliphatic hydroxyl groups excluding tert-OH is 1. The molecule has 0 radical (unpaired) electrons. The van der Waals surface area contributed by atoms with Gasteiger partial charge in [-0.05, 0) is 52.4 Å². The third kappa shape index (κ3) is 2.34. The van der Waals surface area contributed by atoms with Crippen molar-refractivity contribution in [3.63, 3.8) is 0 Å². The van der Waals surface area contributed by atoms with Gasteiger partial charge in [0.15, 0.2) is 0 Å². The van der Waals surface area contributed by atoms with Crippen LogP contribution < -0.4 is 0 Å². The molecule has 0 spiro atoms. The van der Waals surface area contributed by atoms with E-state index in [0.717, 1.165) is 6.42 Å². The smallest absolute Gasteiger partial charge is 0.0568 e. The molecular weight excluding hydrogens is 148 g/mol. The van der Waals surface area contributed by atoms with Gasteiger partial charge in [-0.1, -0.05) is 11.1 Å². The first kappa shape index (κ1) is 9.79. The monoisotopic (exact) mass is 168 g/mol. The van der Waals surface area contributed by atoms with Crippen LogP contribution in [0.25, 0.3) is 0 Å². The van der Waals surface area contributed by atoms with Crippen molar-refractivity contribution in [2.24, 2.45) is 5.92 Å². The second-order valence-corrected chi connectivity index (χ2v) is 4.22. The predicted octanol–water partition coefficient (Wildman–Crippen LogP) is 2.89. The minimum Gasteiger partial charge on any atom is -0.393 e. The summed E-state index contributed by atoms with van der Waals surface area (Å²) < 4.78 is 0. The van der Waals surface area contributed by atoms with Crippen molar-refractivity contribution in [2.45, 2.75) is 52.6 Å². The van der Waals surface area contributed by atoms with Gasteiger partial charge in [0.1, 0.15) is 0 Å². The topological polar surface area (TPSA) is 20.2 Å². The first-order valence-electron chi connectivity index (χ1n) is 4.92. The van der Waals surface area contributed by atoms with Crippen molar-refractivity contribution in [3.05, 3.63) is 11.1 Å². The molecule has 1 nitrogen and oxygen atoms in total. The molecule has 0 saturated heterocycles. The number of allylic oxidation sites excluding steroid dienone is 2. The van der Waals surface area contributed by atoms with Gasteiger partial charge in [-0.3, -0.25) is 0 Å². The van der Waals surface area contributed by atoms with E-state index in [1.165, 1.54) is 30.4 Å². The summed E-state index contributed by atoms with van der Waals surface area (Å²) in [5.74, 6) is 0.597. The van der Waals surface area contributed by atoms with E-state index in [0.29, 0.717) is 5.92 Å². The van der Waals surface area contributed by atoms with E-state index < -0.39 is 0 Å². The van der Waals surface area contributed by atoms with Crippen LogP contribution in [0.5, 0.6) is 0 Å². The zero-order valence-electron chi connectivity index (χ0n) is 8.43. The van der Waals surface area contributed by atoms with Crippen LogP contribution in [0.15, 0.2) is 11.1 Å². The lowest BCUT2D eigenvalue weighted by atomic mass is 9.78. The van der Waals surface area contributed by atoms with E-state index >= 15 is 0 Å². The summed E-state index contributed by atoms with van der Waals surface area (Å²) in [7, 11) is 0. The Hall–Kier alpha value is -0.300. The van der Waals surface area contributed by atoms with Gasteiger partial charge in [-0.25, -0.2) is 0 Å². The fraction of sp³-hybridized carbons (Fsp3) is 0.818. The standard InChI is InChI=1S/C11H20O/c1-8(2)9(3)4-5-10-6-7-11(10)12/h10-12H,4-7H2,1-3H3. The van der Waals surface area contributed by atoms with E-state index in [1.807, 2.05) is 0 Å². The largest absolute Gasteiger partial charge is 0.393 e. The molecular formula is C11H20O. The highest BCUT2D eigenvalue weighted by Crippen LogP contribution is 2.32.